The summed E-state index contributed by atoms with van der Waals surface area (Å²) in [7, 11) is 3.89. The Hall–Kier alpha value is -1.22. The Balaban J connectivity index is 3.22. The molecule has 0 heterocycles. The molecular formula is C12H19NO2. The highest BCUT2D eigenvalue weighted by Crippen LogP contribution is 2.33. The van der Waals surface area contributed by atoms with E-state index < -0.39 is 5.41 Å². The highest BCUT2D eigenvalue weighted by atomic mass is 16.3. The molecule has 3 heteroatoms. The minimum atomic E-state index is -0.421. The molecule has 0 radical (unpaired) electrons. The molecule has 2 N–H and O–H groups in total. The van der Waals surface area contributed by atoms with Gasteiger partial charge in [0.25, 0.3) is 0 Å². The monoisotopic (exact) mass is 209 g/mol. The van der Waals surface area contributed by atoms with Crippen molar-refractivity contribution in [3.63, 3.8) is 0 Å². The second-order valence-electron chi connectivity index (χ2n) is 4.64. The maximum Gasteiger partial charge on any atom is 0.119 e. The first-order chi connectivity index (χ1) is 6.88. The lowest BCUT2D eigenvalue weighted by molar-refractivity contribution is 0.215. The Morgan fingerprint density at radius 2 is 1.87 bits per heavy atom. The van der Waals surface area contributed by atoms with E-state index in [4.69, 9.17) is 0 Å². The van der Waals surface area contributed by atoms with Gasteiger partial charge in [-0.25, -0.2) is 0 Å². The van der Waals surface area contributed by atoms with Gasteiger partial charge in [0.1, 0.15) is 5.75 Å². The third kappa shape index (κ3) is 2.42. The third-order valence-electron chi connectivity index (χ3n) is 2.62. The lowest BCUT2D eigenvalue weighted by Crippen LogP contribution is -2.22. The molecule has 84 valence electrons. The number of rotatable bonds is 3. The number of hydrogen-bond donors (Lipinski definition) is 2. The van der Waals surface area contributed by atoms with Crippen LogP contribution in [0, 0.1) is 0 Å². The van der Waals surface area contributed by atoms with Gasteiger partial charge in [-0.05, 0) is 18.2 Å². The van der Waals surface area contributed by atoms with E-state index in [1.54, 1.807) is 6.07 Å². The summed E-state index contributed by atoms with van der Waals surface area (Å²) in [5.41, 5.74) is 1.37. The summed E-state index contributed by atoms with van der Waals surface area (Å²) < 4.78 is 0. The van der Waals surface area contributed by atoms with Crippen LogP contribution in [0.1, 0.15) is 19.4 Å². The van der Waals surface area contributed by atoms with Crippen LogP contribution >= 0.6 is 0 Å². The van der Waals surface area contributed by atoms with Crippen molar-refractivity contribution in [2.75, 3.05) is 25.6 Å². The minimum Gasteiger partial charge on any atom is -0.508 e. The number of hydrogen-bond acceptors (Lipinski definition) is 3. The normalized spacial score (nSPS) is 11.5. The van der Waals surface area contributed by atoms with E-state index in [0.29, 0.717) is 0 Å². The molecule has 0 unspecified atom stereocenters. The molecule has 0 saturated heterocycles. The maximum atomic E-state index is 9.75. The molecule has 0 aromatic heterocycles. The zero-order valence-corrected chi connectivity index (χ0v) is 9.78. The highest BCUT2D eigenvalue weighted by Gasteiger charge is 2.23. The van der Waals surface area contributed by atoms with Crippen LogP contribution in [0.4, 0.5) is 5.69 Å². The average Bonchev–Trinajstić information content (AvgIpc) is 2.17. The SMILES string of the molecule is CN(C)c1ccc(O)c(C(C)(C)CO)c1. The fourth-order valence-electron chi connectivity index (χ4n) is 1.43. The Labute approximate surface area is 91.0 Å². The zero-order valence-electron chi connectivity index (χ0n) is 9.78. The molecule has 1 aromatic rings. The lowest BCUT2D eigenvalue weighted by Gasteiger charge is -2.25. The van der Waals surface area contributed by atoms with Gasteiger partial charge in [0.2, 0.25) is 0 Å². The van der Waals surface area contributed by atoms with E-state index in [1.807, 2.05) is 45.0 Å². The summed E-state index contributed by atoms with van der Waals surface area (Å²) in [6.45, 7) is 3.82. The summed E-state index contributed by atoms with van der Waals surface area (Å²) in [6, 6.07) is 5.43. The Morgan fingerprint density at radius 3 is 2.33 bits per heavy atom. The summed E-state index contributed by atoms with van der Waals surface area (Å²) in [5.74, 6) is 0.236. The van der Waals surface area contributed by atoms with Crippen LogP contribution in [0.2, 0.25) is 0 Å². The lowest BCUT2D eigenvalue weighted by atomic mass is 9.84. The predicted octanol–water partition coefficient (Wildman–Crippen LogP) is 1.73. The molecule has 0 aliphatic heterocycles. The summed E-state index contributed by atoms with van der Waals surface area (Å²) in [4.78, 5) is 1.97. The van der Waals surface area contributed by atoms with Crippen LogP contribution in [-0.4, -0.2) is 30.9 Å². The first-order valence-corrected chi connectivity index (χ1v) is 5.00. The van der Waals surface area contributed by atoms with E-state index in [1.165, 1.54) is 0 Å². The number of anilines is 1. The first kappa shape index (κ1) is 11.9. The van der Waals surface area contributed by atoms with E-state index >= 15 is 0 Å². The number of nitrogens with zero attached hydrogens (tertiary/aromatic N) is 1. The van der Waals surface area contributed by atoms with Gasteiger partial charge in [0, 0.05) is 30.8 Å². The largest absolute Gasteiger partial charge is 0.508 e. The van der Waals surface area contributed by atoms with E-state index in [0.717, 1.165) is 11.3 Å². The van der Waals surface area contributed by atoms with Crippen molar-refractivity contribution in [1.29, 1.82) is 0 Å². The highest BCUT2D eigenvalue weighted by molar-refractivity contribution is 5.53. The summed E-state index contributed by atoms with van der Waals surface area (Å²) >= 11 is 0. The van der Waals surface area contributed by atoms with Gasteiger partial charge < -0.3 is 15.1 Å². The molecule has 0 amide bonds. The van der Waals surface area contributed by atoms with Crippen LogP contribution in [0.15, 0.2) is 18.2 Å². The number of aliphatic hydroxyl groups is 1. The fraction of sp³-hybridized carbons (Fsp3) is 0.500. The topological polar surface area (TPSA) is 43.7 Å². The average molecular weight is 209 g/mol. The zero-order chi connectivity index (χ0) is 11.6. The molecule has 0 fully saturated rings. The van der Waals surface area contributed by atoms with Crippen molar-refractivity contribution < 1.29 is 10.2 Å². The fourth-order valence-corrected chi connectivity index (χ4v) is 1.43. The Kier molecular flexibility index (Phi) is 3.25. The molecule has 15 heavy (non-hydrogen) atoms. The molecule has 0 spiro atoms. The number of phenolic OH excluding ortho intramolecular Hbond substituents is 1. The van der Waals surface area contributed by atoms with Crippen molar-refractivity contribution in [3.8, 4) is 5.75 Å². The summed E-state index contributed by atoms with van der Waals surface area (Å²) in [6.07, 6.45) is 0. The Morgan fingerprint density at radius 1 is 1.27 bits per heavy atom. The maximum absolute atomic E-state index is 9.75. The van der Waals surface area contributed by atoms with Crippen molar-refractivity contribution in [2.24, 2.45) is 0 Å². The first-order valence-electron chi connectivity index (χ1n) is 5.00. The van der Waals surface area contributed by atoms with Crippen LogP contribution in [0.5, 0.6) is 5.75 Å². The van der Waals surface area contributed by atoms with Crippen LogP contribution in [0.3, 0.4) is 0 Å². The van der Waals surface area contributed by atoms with Crippen LogP contribution in [-0.2, 0) is 5.41 Å². The van der Waals surface area contributed by atoms with Crippen molar-refractivity contribution in [1.82, 2.24) is 0 Å². The number of phenols is 1. The molecule has 0 aliphatic rings. The van der Waals surface area contributed by atoms with Gasteiger partial charge in [-0.1, -0.05) is 13.8 Å². The van der Waals surface area contributed by atoms with Crippen LogP contribution in [0.25, 0.3) is 0 Å². The van der Waals surface area contributed by atoms with Gasteiger partial charge in [0.15, 0.2) is 0 Å². The van der Waals surface area contributed by atoms with E-state index in [9.17, 15) is 10.2 Å². The molecule has 1 rings (SSSR count). The number of aromatic hydroxyl groups is 1. The smallest absolute Gasteiger partial charge is 0.119 e. The van der Waals surface area contributed by atoms with Crippen molar-refractivity contribution in [2.45, 2.75) is 19.3 Å². The van der Waals surface area contributed by atoms with Crippen molar-refractivity contribution in [3.05, 3.63) is 23.8 Å². The predicted molar refractivity (Wildman–Crippen MR) is 62.5 cm³/mol. The third-order valence-corrected chi connectivity index (χ3v) is 2.62. The van der Waals surface area contributed by atoms with E-state index in [-0.39, 0.29) is 12.4 Å². The van der Waals surface area contributed by atoms with Crippen LogP contribution < -0.4 is 4.90 Å². The molecule has 0 saturated carbocycles. The minimum absolute atomic E-state index is 0.0114. The summed E-state index contributed by atoms with van der Waals surface area (Å²) in [5, 5.41) is 19.0. The second-order valence-corrected chi connectivity index (χ2v) is 4.64. The second kappa shape index (κ2) is 4.11. The number of aliphatic hydroxyl groups excluding tert-OH is 1. The molecular weight excluding hydrogens is 190 g/mol. The van der Waals surface area contributed by atoms with Crippen molar-refractivity contribution >= 4 is 5.69 Å². The van der Waals surface area contributed by atoms with Gasteiger partial charge in [-0.2, -0.15) is 0 Å². The van der Waals surface area contributed by atoms with Gasteiger partial charge in [-0.3, -0.25) is 0 Å². The van der Waals surface area contributed by atoms with Gasteiger partial charge in [0.05, 0.1) is 6.61 Å². The standard InChI is InChI=1S/C12H19NO2/c1-12(2,8-14)10-7-9(13(3)4)5-6-11(10)15/h5-7,14-15H,8H2,1-4H3. The number of benzene rings is 1. The molecule has 1 aromatic carbocycles. The molecule has 0 aliphatic carbocycles. The van der Waals surface area contributed by atoms with Gasteiger partial charge in [-0.15, -0.1) is 0 Å². The quantitative estimate of drug-likeness (QED) is 0.796. The molecule has 0 atom stereocenters. The Bertz CT molecular complexity index is 345. The van der Waals surface area contributed by atoms with E-state index in [2.05, 4.69) is 0 Å². The molecule has 3 nitrogen and oxygen atoms in total. The van der Waals surface area contributed by atoms with Gasteiger partial charge >= 0.3 is 0 Å². The molecule has 0 bridgehead atoms.